The molecule has 3 aromatic rings. The number of hydrogen-bond donors (Lipinski definition) is 1. The number of hydrogen-bond acceptors (Lipinski definition) is 3. The Kier molecular flexibility index (Phi) is 5.80. The largest absolute Gasteiger partial charge is 0.494 e. The normalized spacial score (nSPS) is 12.5. The van der Waals surface area contributed by atoms with Crippen LogP contribution in [-0.4, -0.2) is 19.1 Å². The van der Waals surface area contributed by atoms with Gasteiger partial charge in [-0.15, -0.1) is 0 Å². The number of ether oxygens (including phenoxy) is 1. The molecule has 0 aliphatic carbocycles. The third-order valence-electron chi connectivity index (χ3n) is 5.24. The van der Waals surface area contributed by atoms with Gasteiger partial charge in [-0.2, -0.15) is 0 Å². The van der Waals surface area contributed by atoms with Gasteiger partial charge in [-0.1, -0.05) is 42.5 Å². The molecule has 0 saturated heterocycles. The number of carbonyl (C=O) groups is 1. The number of rotatable bonds is 7. The monoisotopic (exact) mass is 386 g/mol. The highest BCUT2D eigenvalue weighted by Gasteiger charge is 2.18. The zero-order valence-corrected chi connectivity index (χ0v) is 16.7. The lowest BCUT2D eigenvalue weighted by atomic mass is 10.1. The predicted octanol–water partition coefficient (Wildman–Crippen LogP) is 4.58. The van der Waals surface area contributed by atoms with Gasteiger partial charge < -0.3 is 15.0 Å². The number of carbonyl (C=O) groups excluding carboxylic acids is 1. The molecule has 1 aliphatic rings. The fourth-order valence-electron chi connectivity index (χ4n) is 3.75. The summed E-state index contributed by atoms with van der Waals surface area (Å²) in [6.07, 6.45) is 1.10. The van der Waals surface area contributed by atoms with Crippen LogP contribution in [0.2, 0.25) is 0 Å². The number of benzene rings is 3. The Hall–Kier alpha value is -3.27. The molecule has 3 aromatic carbocycles. The maximum Gasteiger partial charge on any atom is 0.251 e. The quantitative estimate of drug-likeness (QED) is 0.646. The van der Waals surface area contributed by atoms with Crippen molar-refractivity contribution in [3.05, 3.63) is 95.1 Å². The SMILES string of the molecule is CCOc1cccc(CNC(=O)c2ccc(CN3CCc4ccccc43)cc2)c1. The van der Waals surface area contributed by atoms with E-state index in [0.29, 0.717) is 18.7 Å². The first-order valence-electron chi connectivity index (χ1n) is 10.1. The Labute approximate surface area is 172 Å². The summed E-state index contributed by atoms with van der Waals surface area (Å²) < 4.78 is 5.51. The molecule has 0 bridgehead atoms. The Morgan fingerprint density at radius 2 is 1.83 bits per heavy atom. The molecule has 0 unspecified atom stereocenters. The molecule has 4 rings (SSSR count). The van der Waals surface area contributed by atoms with Gasteiger partial charge in [-0.05, 0) is 60.4 Å². The predicted molar refractivity (Wildman–Crippen MR) is 116 cm³/mol. The molecule has 0 radical (unpaired) electrons. The van der Waals surface area contributed by atoms with Gasteiger partial charge in [0.15, 0.2) is 0 Å². The summed E-state index contributed by atoms with van der Waals surface area (Å²) in [6, 6.07) is 24.3. The number of fused-ring (bicyclic) bond motifs is 1. The molecular weight excluding hydrogens is 360 g/mol. The van der Waals surface area contributed by atoms with Gasteiger partial charge in [-0.3, -0.25) is 4.79 Å². The van der Waals surface area contributed by atoms with Crippen LogP contribution in [0.25, 0.3) is 0 Å². The maximum atomic E-state index is 12.5. The van der Waals surface area contributed by atoms with E-state index in [1.165, 1.54) is 16.8 Å². The van der Waals surface area contributed by atoms with E-state index in [9.17, 15) is 4.79 Å². The van der Waals surface area contributed by atoms with Crippen molar-refractivity contribution in [1.82, 2.24) is 5.32 Å². The van der Waals surface area contributed by atoms with Crippen molar-refractivity contribution in [3.63, 3.8) is 0 Å². The van der Waals surface area contributed by atoms with E-state index in [0.717, 1.165) is 30.8 Å². The van der Waals surface area contributed by atoms with Crippen LogP contribution < -0.4 is 15.0 Å². The highest BCUT2D eigenvalue weighted by Crippen LogP contribution is 2.28. The van der Waals surface area contributed by atoms with Gasteiger partial charge in [0.1, 0.15) is 5.75 Å². The van der Waals surface area contributed by atoms with Gasteiger partial charge in [0, 0.05) is 30.9 Å². The van der Waals surface area contributed by atoms with Crippen LogP contribution in [0.15, 0.2) is 72.8 Å². The van der Waals surface area contributed by atoms with Crippen molar-refractivity contribution < 1.29 is 9.53 Å². The van der Waals surface area contributed by atoms with Crippen molar-refractivity contribution in [2.45, 2.75) is 26.4 Å². The number of anilines is 1. The summed E-state index contributed by atoms with van der Waals surface area (Å²) in [7, 11) is 0. The van der Waals surface area contributed by atoms with Crippen molar-refractivity contribution in [1.29, 1.82) is 0 Å². The molecule has 4 nitrogen and oxygen atoms in total. The van der Waals surface area contributed by atoms with Crippen molar-refractivity contribution in [2.24, 2.45) is 0 Å². The first-order chi connectivity index (χ1) is 14.2. The molecule has 0 fully saturated rings. The maximum absolute atomic E-state index is 12.5. The minimum atomic E-state index is -0.0649. The van der Waals surface area contributed by atoms with E-state index in [-0.39, 0.29) is 5.91 Å². The minimum absolute atomic E-state index is 0.0649. The van der Waals surface area contributed by atoms with E-state index in [4.69, 9.17) is 4.74 Å². The Morgan fingerprint density at radius 3 is 2.66 bits per heavy atom. The molecule has 0 aromatic heterocycles. The summed E-state index contributed by atoms with van der Waals surface area (Å²) in [4.78, 5) is 14.9. The van der Waals surface area contributed by atoms with Gasteiger partial charge in [0.2, 0.25) is 0 Å². The molecule has 0 atom stereocenters. The molecule has 1 amide bonds. The number of para-hydroxylation sites is 1. The lowest BCUT2D eigenvalue weighted by Gasteiger charge is -2.19. The molecule has 4 heteroatoms. The molecule has 1 aliphatic heterocycles. The Morgan fingerprint density at radius 1 is 1.00 bits per heavy atom. The Bertz CT molecular complexity index is 982. The molecule has 0 spiro atoms. The van der Waals surface area contributed by atoms with Crippen LogP contribution in [-0.2, 0) is 19.5 Å². The average molecular weight is 386 g/mol. The summed E-state index contributed by atoms with van der Waals surface area (Å²) in [5.74, 6) is 0.761. The summed E-state index contributed by atoms with van der Waals surface area (Å²) in [5.41, 5.74) is 5.65. The summed E-state index contributed by atoms with van der Waals surface area (Å²) in [6.45, 7) is 4.98. The highest BCUT2D eigenvalue weighted by atomic mass is 16.5. The summed E-state index contributed by atoms with van der Waals surface area (Å²) >= 11 is 0. The molecule has 29 heavy (non-hydrogen) atoms. The van der Waals surface area contributed by atoms with E-state index < -0.39 is 0 Å². The van der Waals surface area contributed by atoms with Crippen LogP contribution in [0.3, 0.4) is 0 Å². The van der Waals surface area contributed by atoms with Crippen LogP contribution in [0, 0.1) is 0 Å². The lowest BCUT2D eigenvalue weighted by Crippen LogP contribution is -2.23. The minimum Gasteiger partial charge on any atom is -0.494 e. The van der Waals surface area contributed by atoms with Crippen LogP contribution in [0.1, 0.15) is 34.0 Å². The van der Waals surface area contributed by atoms with Crippen molar-refractivity contribution in [2.75, 3.05) is 18.1 Å². The molecule has 148 valence electrons. The number of nitrogens with one attached hydrogen (secondary N) is 1. The third-order valence-corrected chi connectivity index (χ3v) is 5.24. The standard InChI is InChI=1S/C25H26N2O2/c1-2-29-23-8-5-6-20(16-23)17-26-25(28)22-12-10-19(11-13-22)18-27-15-14-21-7-3-4-9-24(21)27/h3-13,16H,2,14-15,17-18H2,1H3,(H,26,28). The number of amides is 1. The van der Waals surface area contributed by atoms with Crippen LogP contribution in [0.4, 0.5) is 5.69 Å². The second-order valence-corrected chi connectivity index (χ2v) is 7.26. The third kappa shape index (κ3) is 4.60. The van der Waals surface area contributed by atoms with E-state index in [1.807, 2.05) is 55.5 Å². The summed E-state index contributed by atoms with van der Waals surface area (Å²) in [5, 5.41) is 2.99. The second kappa shape index (κ2) is 8.82. The molecule has 0 saturated carbocycles. The topological polar surface area (TPSA) is 41.6 Å². The average Bonchev–Trinajstić information content (AvgIpc) is 3.16. The smallest absolute Gasteiger partial charge is 0.251 e. The first-order valence-corrected chi connectivity index (χ1v) is 10.1. The lowest BCUT2D eigenvalue weighted by molar-refractivity contribution is 0.0951. The Balaban J connectivity index is 1.34. The second-order valence-electron chi connectivity index (χ2n) is 7.26. The molecule has 1 heterocycles. The van der Waals surface area contributed by atoms with Crippen molar-refractivity contribution >= 4 is 11.6 Å². The number of nitrogens with zero attached hydrogens (tertiary/aromatic N) is 1. The fourth-order valence-corrected chi connectivity index (χ4v) is 3.75. The van der Waals surface area contributed by atoms with Gasteiger partial charge in [0.25, 0.3) is 5.91 Å². The van der Waals surface area contributed by atoms with Crippen LogP contribution in [0.5, 0.6) is 5.75 Å². The van der Waals surface area contributed by atoms with Gasteiger partial charge in [-0.25, -0.2) is 0 Å². The van der Waals surface area contributed by atoms with Gasteiger partial charge >= 0.3 is 0 Å². The van der Waals surface area contributed by atoms with Crippen molar-refractivity contribution in [3.8, 4) is 5.75 Å². The van der Waals surface area contributed by atoms with E-state index in [1.54, 1.807) is 0 Å². The van der Waals surface area contributed by atoms with Gasteiger partial charge in [0.05, 0.1) is 6.61 Å². The fraction of sp³-hybridized carbons (Fsp3) is 0.240. The molecule has 1 N–H and O–H groups in total. The van der Waals surface area contributed by atoms with Crippen LogP contribution >= 0.6 is 0 Å². The highest BCUT2D eigenvalue weighted by molar-refractivity contribution is 5.94. The molecular formula is C25H26N2O2. The van der Waals surface area contributed by atoms with E-state index >= 15 is 0 Å². The zero-order valence-electron chi connectivity index (χ0n) is 16.7. The zero-order chi connectivity index (χ0) is 20.1. The van der Waals surface area contributed by atoms with E-state index in [2.05, 4.69) is 34.5 Å². The first kappa shape index (κ1) is 19.1.